The highest BCUT2D eigenvalue weighted by Gasteiger charge is 2.18. The predicted molar refractivity (Wildman–Crippen MR) is 58.5 cm³/mol. The van der Waals surface area contributed by atoms with Crippen LogP contribution < -0.4 is 5.73 Å². The zero-order valence-electron chi connectivity index (χ0n) is 9.41. The third-order valence-electron chi connectivity index (χ3n) is 2.91. The maximum atomic E-state index is 5.49. The van der Waals surface area contributed by atoms with E-state index in [-0.39, 0.29) is 0 Å². The molecule has 7 nitrogen and oxygen atoms in total. The zero-order chi connectivity index (χ0) is 11.7. The number of nitrogens with zero attached hydrogens (tertiary/aromatic N) is 5. The van der Waals surface area contributed by atoms with Crippen LogP contribution in [-0.4, -0.2) is 31.4 Å². The molecule has 0 amide bonds. The minimum atomic E-state index is 0.415. The molecule has 0 saturated carbocycles. The molecule has 1 aliphatic rings. The maximum Gasteiger partial charge on any atom is 0.151 e. The van der Waals surface area contributed by atoms with Gasteiger partial charge in [-0.15, -0.1) is 10.2 Å². The summed E-state index contributed by atoms with van der Waals surface area (Å²) in [5, 5.41) is 11.8. The molecule has 0 saturated heterocycles. The van der Waals surface area contributed by atoms with Gasteiger partial charge in [-0.1, -0.05) is 5.16 Å². The van der Waals surface area contributed by atoms with Gasteiger partial charge >= 0.3 is 0 Å². The van der Waals surface area contributed by atoms with Crippen molar-refractivity contribution >= 4 is 0 Å². The Morgan fingerprint density at radius 1 is 1.41 bits per heavy atom. The highest BCUT2D eigenvalue weighted by molar-refractivity contribution is 5.05. The van der Waals surface area contributed by atoms with Crippen LogP contribution >= 0.6 is 0 Å². The highest BCUT2D eigenvalue weighted by atomic mass is 16.5. The fourth-order valence-electron chi connectivity index (χ4n) is 2.00. The molecule has 0 bridgehead atoms. The first kappa shape index (κ1) is 10.4. The molecule has 2 aromatic heterocycles. The van der Waals surface area contributed by atoms with Crippen molar-refractivity contribution in [1.29, 1.82) is 0 Å². The van der Waals surface area contributed by atoms with E-state index in [0.29, 0.717) is 6.54 Å². The van der Waals surface area contributed by atoms with Gasteiger partial charge in [0.25, 0.3) is 0 Å². The van der Waals surface area contributed by atoms with E-state index in [1.54, 1.807) is 6.33 Å². The summed E-state index contributed by atoms with van der Waals surface area (Å²) in [4.78, 5) is 2.25. The van der Waals surface area contributed by atoms with Crippen molar-refractivity contribution in [1.82, 2.24) is 24.8 Å². The first-order valence-electron chi connectivity index (χ1n) is 5.59. The Labute approximate surface area is 98.2 Å². The van der Waals surface area contributed by atoms with Gasteiger partial charge in [0.1, 0.15) is 12.2 Å². The predicted octanol–water partition coefficient (Wildman–Crippen LogP) is -0.259. The number of nitrogens with two attached hydrogens (primary N) is 1. The summed E-state index contributed by atoms with van der Waals surface area (Å²) in [6, 6.07) is 1.90. The second-order valence-electron chi connectivity index (χ2n) is 4.14. The number of fused-ring (bicyclic) bond motifs is 1. The summed E-state index contributed by atoms with van der Waals surface area (Å²) in [5.41, 5.74) is 6.28. The quantitative estimate of drug-likeness (QED) is 0.787. The van der Waals surface area contributed by atoms with Gasteiger partial charge in [-0.25, -0.2) is 0 Å². The van der Waals surface area contributed by atoms with Crippen molar-refractivity contribution in [2.75, 3.05) is 6.54 Å². The van der Waals surface area contributed by atoms with E-state index >= 15 is 0 Å². The second kappa shape index (κ2) is 4.27. The summed E-state index contributed by atoms with van der Waals surface area (Å²) in [6.07, 6.45) is 1.77. The Bertz CT molecular complexity index is 504. The summed E-state index contributed by atoms with van der Waals surface area (Å²) in [7, 11) is 0. The van der Waals surface area contributed by atoms with Crippen LogP contribution in [0.1, 0.15) is 17.3 Å². The van der Waals surface area contributed by atoms with E-state index in [0.717, 1.165) is 43.5 Å². The lowest BCUT2D eigenvalue weighted by Crippen LogP contribution is -2.33. The minimum absolute atomic E-state index is 0.415. The first-order chi connectivity index (χ1) is 8.35. The standard InChI is InChI=1S/C10H14N6O/c11-4-8-3-9(17-14-8)5-15-1-2-16-7-12-13-10(16)6-15/h3,7H,1-2,4-6,11H2. The number of aromatic nitrogens is 4. The van der Waals surface area contributed by atoms with Crippen LogP contribution in [0.2, 0.25) is 0 Å². The fourth-order valence-corrected chi connectivity index (χ4v) is 2.00. The van der Waals surface area contributed by atoms with Gasteiger partial charge in [0, 0.05) is 25.7 Å². The Morgan fingerprint density at radius 3 is 3.18 bits per heavy atom. The van der Waals surface area contributed by atoms with Crippen molar-refractivity contribution in [3.05, 3.63) is 29.7 Å². The summed E-state index contributed by atoms with van der Waals surface area (Å²) in [5.74, 6) is 1.84. The molecule has 0 fully saturated rings. The molecule has 7 heteroatoms. The van der Waals surface area contributed by atoms with Crippen LogP contribution in [-0.2, 0) is 26.2 Å². The van der Waals surface area contributed by atoms with Gasteiger partial charge in [-0.2, -0.15) is 0 Å². The smallest absolute Gasteiger partial charge is 0.151 e. The summed E-state index contributed by atoms with van der Waals surface area (Å²) >= 11 is 0. The highest BCUT2D eigenvalue weighted by Crippen LogP contribution is 2.13. The molecule has 0 aliphatic carbocycles. The normalized spacial score (nSPS) is 16.1. The fraction of sp³-hybridized carbons (Fsp3) is 0.500. The molecular weight excluding hydrogens is 220 g/mol. The van der Waals surface area contributed by atoms with Crippen LogP contribution in [0.5, 0.6) is 0 Å². The SMILES string of the molecule is NCc1cc(CN2CCn3cnnc3C2)on1. The third-order valence-corrected chi connectivity index (χ3v) is 2.91. The first-order valence-corrected chi connectivity index (χ1v) is 5.59. The van der Waals surface area contributed by atoms with Crippen molar-refractivity contribution < 1.29 is 4.52 Å². The van der Waals surface area contributed by atoms with Crippen LogP contribution in [0.4, 0.5) is 0 Å². The van der Waals surface area contributed by atoms with Crippen LogP contribution in [0.25, 0.3) is 0 Å². The topological polar surface area (TPSA) is 86.0 Å². The van der Waals surface area contributed by atoms with E-state index < -0.39 is 0 Å². The third kappa shape index (κ3) is 2.06. The van der Waals surface area contributed by atoms with Gasteiger partial charge in [0.05, 0.1) is 18.8 Å². The lowest BCUT2D eigenvalue weighted by Gasteiger charge is -2.25. The molecule has 0 unspecified atom stereocenters. The molecule has 17 heavy (non-hydrogen) atoms. The van der Waals surface area contributed by atoms with E-state index in [9.17, 15) is 0 Å². The number of hydrogen-bond acceptors (Lipinski definition) is 6. The van der Waals surface area contributed by atoms with Crippen LogP contribution in [0, 0.1) is 0 Å². The van der Waals surface area contributed by atoms with Crippen molar-refractivity contribution in [2.24, 2.45) is 5.73 Å². The Balaban J connectivity index is 1.67. The largest absolute Gasteiger partial charge is 0.360 e. The molecule has 3 heterocycles. The Morgan fingerprint density at radius 2 is 2.35 bits per heavy atom. The van der Waals surface area contributed by atoms with Gasteiger partial charge in [-0.3, -0.25) is 4.90 Å². The molecule has 2 aromatic rings. The van der Waals surface area contributed by atoms with Crippen molar-refractivity contribution in [2.45, 2.75) is 26.2 Å². The molecule has 0 aromatic carbocycles. The summed E-state index contributed by atoms with van der Waals surface area (Å²) < 4.78 is 7.28. The second-order valence-corrected chi connectivity index (χ2v) is 4.14. The molecule has 1 aliphatic heterocycles. The van der Waals surface area contributed by atoms with Gasteiger partial charge in [0.15, 0.2) is 5.76 Å². The Hall–Kier alpha value is -1.73. The molecule has 0 radical (unpaired) electrons. The van der Waals surface area contributed by atoms with E-state index in [1.165, 1.54) is 0 Å². The Kier molecular flexibility index (Phi) is 2.62. The lowest BCUT2D eigenvalue weighted by atomic mass is 10.3. The van der Waals surface area contributed by atoms with Crippen LogP contribution in [0.3, 0.4) is 0 Å². The maximum absolute atomic E-state index is 5.49. The molecular formula is C10H14N6O. The average molecular weight is 234 g/mol. The number of rotatable bonds is 3. The molecule has 2 N–H and O–H groups in total. The van der Waals surface area contributed by atoms with Gasteiger partial charge in [-0.05, 0) is 0 Å². The van der Waals surface area contributed by atoms with E-state index in [2.05, 4.69) is 24.8 Å². The molecule has 3 rings (SSSR count). The minimum Gasteiger partial charge on any atom is -0.360 e. The lowest BCUT2D eigenvalue weighted by molar-refractivity contribution is 0.186. The number of hydrogen-bond donors (Lipinski definition) is 1. The van der Waals surface area contributed by atoms with Gasteiger partial charge < -0.3 is 14.8 Å². The van der Waals surface area contributed by atoms with E-state index in [1.807, 2.05) is 6.07 Å². The summed E-state index contributed by atoms with van der Waals surface area (Å²) in [6.45, 7) is 3.82. The van der Waals surface area contributed by atoms with Crippen molar-refractivity contribution in [3.8, 4) is 0 Å². The average Bonchev–Trinajstić information content (AvgIpc) is 2.96. The molecule has 0 spiro atoms. The monoisotopic (exact) mass is 234 g/mol. The zero-order valence-corrected chi connectivity index (χ0v) is 9.41. The molecule has 0 atom stereocenters. The van der Waals surface area contributed by atoms with E-state index in [4.69, 9.17) is 10.3 Å². The van der Waals surface area contributed by atoms with Crippen molar-refractivity contribution in [3.63, 3.8) is 0 Å². The molecule has 90 valence electrons. The van der Waals surface area contributed by atoms with Crippen LogP contribution in [0.15, 0.2) is 16.9 Å². The van der Waals surface area contributed by atoms with Gasteiger partial charge in [0.2, 0.25) is 0 Å².